The van der Waals surface area contributed by atoms with Gasteiger partial charge in [0.15, 0.2) is 0 Å². The van der Waals surface area contributed by atoms with Gasteiger partial charge >= 0.3 is 0 Å². The first-order chi connectivity index (χ1) is 13.9. The first-order valence-electron chi connectivity index (χ1n) is 10.7. The third-order valence-electron chi connectivity index (χ3n) is 5.92. The number of likely N-dealkylation sites (tertiary alicyclic amines) is 1. The summed E-state index contributed by atoms with van der Waals surface area (Å²) in [4.78, 5) is 31.1. The van der Waals surface area contributed by atoms with Crippen LogP contribution in [0.3, 0.4) is 0 Å². The molecule has 0 radical (unpaired) electrons. The van der Waals surface area contributed by atoms with Crippen molar-refractivity contribution in [3.05, 3.63) is 36.4 Å². The van der Waals surface area contributed by atoms with Gasteiger partial charge in [0.05, 0.1) is 5.69 Å². The summed E-state index contributed by atoms with van der Waals surface area (Å²) in [6, 6.07) is 4.03. The van der Waals surface area contributed by atoms with Crippen molar-refractivity contribution in [1.29, 1.82) is 0 Å². The van der Waals surface area contributed by atoms with Crippen LogP contribution in [0.25, 0.3) is 11.1 Å². The molecule has 4 rings (SSSR count). The predicted molar refractivity (Wildman–Crippen MR) is 115 cm³/mol. The molecule has 154 valence electrons. The molecule has 1 amide bonds. The summed E-state index contributed by atoms with van der Waals surface area (Å²) < 4.78 is 0. The Morgan fingerprint density at radius 1 is 1.07 bits per heavy atom. The molecule has 0 N–H and O–H groups in total. The first kappa shape index (κ1) is 19.8. The highest BCUT2D eigenvalue weighted by molar-refractivity contribution is 5.81. The standard InChI is InChI=1S/C23H31N5O/c1-23(2,3)21(29)28-14-6-7-18(16-28)20-19(17-8-10-24-11-9-17)15-25-22(26-20)27-12-4-5-13-27/h8-11,15,18H,4-7,12-14,16H2,1-3H3. The Hall–Kier alpha value is -2.50. The zero-order chi connectivity index (χ0) is 20.4. The maximum absolute atomic E-state index is 12.9. The lowest BCUT2D eigenvalue weighted by molar-refractivity contribution is -0.140. The van der Waals surface area contributed by atoms with Crippen LogP contribution in [0, 0.1) is 5.41 Å². The second-order valence-electron chi connectivity index (χ2n) is 9.24. The molecule has 0 spiro atoms. The molecular weight excluding hydrogens is 362 g/mol. The quantitative estimate of drug-likeness (QED) is 0.792. The molecule has 29 heavy (non-hydrogen) atoms. The third-order valence-corrected chi connectivity index (χ3v) is 5.92. The van der Waals surface area contributed by atoms with Gasteiger partial charge in [-0.05, 0) is 43.4 Å². The van der Waals surface area contributed by atoms with E-state index in [0.717, 1.165) is 61.8 Å². The average Bonchev–Trinajstić information content (AvgIpc) is 3.28. The Morgan fingerprint density at radius 2 is 1.79 bits per heavy atom. The van der Waals surface area contributed by atoms with Gasteiger partial charge < -0.3 is 9.80 Å². The predicted octanol–water partition coefficient (Wildman–Crippen LogP) is 3.89. The van der Waals surface area contributed by atoms with E-state index in [9.17, 15) is 4.79 Å². The van der Waals surface area contributed by atoms with Gasteiger partial charge in [-0.15, -0.1) is 0 Å². The van der Waals surface area contributed by atoms with E-state index < -0.39 is 0 Å². The number of carbonyl (C=O) groups excluding carboxylic acids is 1. The van der Waals surface area contributed by atoms with Crippen molar-refractivity contribution in [2.24, 2.45) is 5.41 Å². The molecule has 2 aliphatic rings. The Balaban J connectivity index is 1.69. The number of pyridine rings is 1. The Morgan fingerprint density at radius 3 is 2.48 bits per heavy atom. The van der Waals surface area contributed by atoms with E-state index in [2.05, 4.69) is 9.88 Å². The first-order valence-corrected chi connectivity index (χ1v) is 10.7. The van der Waals surface area contributed by atoms with Crippen LogP contribution in [0.5, 0.6) is 0 Å². The van der Waals surface area contributed by atoms with E-state index >= 15 is 0 Å². The van der Waals surface area contributed by atoms with Crippen LogP contribution < -0.4 is 4.90 Å². The number of hydrogen-bond donors (Lipinski definition) is 0. The molecule has 2 aromatic rings. The van der Waals surface area contributed by atoms with E-state index in [0.29, 0.717) is 0 Å². The van der Waals surface area contributed by atoms with Crippen LogP contribution >= 0.6 is 0 Å². The minimum atomic E-state index is -0.359. The second-order valence-corrected chi connectivity index (χ2v) is 9.24. The molecule has 6 nitrogen and oxygen atoms in total. The molecule has 1 atom stereocenters. The van der Waals surface area contributed by atoms with Gasteiger partial charge in [-0.25, -0.2) is 9.97 Å². The van der Waals surface area contributed by atoms with E-state index in [1.54, 1.807) is 0 Å². The van der Waals surface area contributed by atoms with Gasteiger partial charge in [0.25, 0.3) is 0 Å². The van der Waals surface area contributed by atoms with Crippen LogP contribution in [-0.4, -0.2) is 51.9 Å². The molecule has 2 aromatic heterocycles. The maximum atomic E-state index is 12.9. The highest BCUT2D eigenvalue weighted by atomic mass is 16.2. The van der Waals surface area contributed by atoms with Crippen LogP contribution in [0.1, 0.15) is 58.1 Å². The summed E-state index contributed by atoms with van der Waals surface area (Å²) in [6.07, 6.45) is 10.0. The molecule has 6 heteroatoms. The van der Waals surface area contributed by atoms with E-state index in [-0.39, 0.29) is 17.2 Å². The summed E-state index contributed by atoms with van der Waals surface area (Å²) in [6.45, 7) is 9.60. The topological polar surface area (TPSA) is 62.2 Å². The van der Waals surface area contributed by atoms with Gasteiger partial charge in [-0.2, -0.15) is 0 Å². The molecule has 2 fully saturated rings. The van der Waals surface area contributed by atoms with Crippen molar-refractivity contribution >= 4 is 11.9 Å². The van der Waals surface area contributed by atoms with Gasteiger partial charge in [0, 0.05) is 61.7 Å². The van der Waals surface area contributed by atoms with Crippen molar-refractivity contribution < 1.29 is 4.79 Å². The summed E-state index contributed by atoms with van der Waals surface area (Å²) in [5, 5.41) is 0. The lowest BCUT2D eigenvalue weighted by Crippen LogP contribution is -2.44. The second kappa shape index (κ2) is 8.09. The minimum Gasteiger partial charge on any atom is -0.342 e. The SMILES string of the molecule is CC(C)(C)C(=O)N1CCCC(c2nc(N3CCCC3)ncc2-c2ccncc2)C1. The molecule has 0 aliphatic carbocycles. The lowest BCUT2D eigenvalue weighted by Gasteiger charge is -2.37. The van der Waals surface area contributed by atoms with E-state index in [1.165, 1.54) is 12.8 Å². The number of carbonyl (C=O) groups is 1. The monoisotopic (exact) mass is 393 g/mol. The number of hydrogen-bond acceptors (Lipinski definition) is 5. The lowest BCUT2D eigenvalue weighted by atomic mass is 9.87. The average molecular weight is 394 g/mol. The fourth-order valence-electron chi connectivity index (χ4n) is 4.38. The molecule has 2 saturated heterocycles. The van der Waals surface area contributed by atoms with Crippen LogP contribution in [0.15, 0.2) is 30.7 Å². The summed E-state index contributed by atoms with van der Waals surface area (Å²) >= 11 is 0. The third kappa shape index (κ3) is 4.26. The van der Waals surface area contributed by atoms with Crippen molar-refractivity contribution in [1.82, 2.24) is 19.9 Å². The number of piperidine rings is 1. The van der Waals surface area contributed by atoms with Crippen LogP contribution in [0.2, 0.25) is 0 Å². The summed E-state index contributed by atoms with van der Waals surface area (Å²) in [5.41, 5.74) is 2.86. The van der Waals surface area contributed by atoms with Crippen molar-refractivity contribution in [3.63, 3.8) is 0 Å². The number of anilines is 1. The molecule has 0 aromatic carbocycles. The van der Waals surface area contributed by atoms with Crippen molar-refractivity contribution in [3.8, 4) is 11.1 Å². The number of aromatic nitrogens is 3. The molecule has 1 unspecified atom stereocenters. The number of rotatable bonds is 3. The molecular formula is C23H31N5O. The zero-order valence-electron chi connectivity index (χ0n) is 17.8. The van der Waals surface area contributed by atoms with Gasteiger partial charge in [0.1, 0.15) is 0 Å². The highest BCUT2D eigenvalue weighted by Gasteiger charge is 2.33. The zero-order valence-corrected chi connectivity index (χ0v) is 17.8. The minimum absolute atomic E-state index is 0.224. The number of amides is 1. The largest absolute Gasteiger partial charge is 0.342 e. The molecule has 2 aliphatic heterocycles. The van der Waals surface area contributed by atoms with Gasteiger partial charge in [-0.1, -0.05) is 20.8 Å². The normalized spacial score (nSPS) is 20.2. The van der Waals surface area contributed by atoms with Crippen LogP contribution in [0.4, 0.5) is 5.95 Å². The molecule has 0 saturated carbocycles. The summed E-state index contributed by atoms with van der Waals surface area (Å²) in [7, 11) is 0. The maximum Gasteiger partial charge on any atom is 0.227 e. The Labute approximate surface area is 173 Å². The molecule has 4 heterocycles. The highest BCUT2D eigenvalue weighted by Crippen LogP contribution is 2.35. The smallest absolute Gasteiger partial charge is 0.227 e. The van der Waals surface area contributed by atoms with Gasteiger partial charge in [-0.3, -0.25) is 9.78 Å². The van der Waals surface area contributed by atoms with E-state index in [1.807, 2.05) is 56.4 Å². The van der Waals surface area contributed by atoms with E-state index in [4.69, 9.17) is 9.97 Å². The van der Waals surface area contributed by atoms with Crippen molar-refractivity contribution in [2.45, 2.75) is 52.4 Å². The Kier molecular flexibility index (Phi) is 5.52. The fraction of sp³-hybridized carbons (Fsp3) is 0.565. The fourth-order valence-corrected chi connectivity index (χ4v) is 4.38. The molecule has 0 bridgehead atoms. The summed E-state index contributed by atoms with van der Waals surface area (Å²) in [5.74, 6) is 1.28. The van der Waals surface area contributed by atoms with Crippen LogP contribution in [-0.2, 0) is 4.79 Å². The number of nitrogens with zero attached hydrogens (tertiary/aromatic N) is 5. The van der Waals surface area contributed by atoms with Crippen molar-refractivity contribution in [2.75, 3.05) is 31.1 Å². The van der Waals surface area contributed by atoms with Gasteiger partial charge in [0.2, 0.25) is 11.9 Å². The Bertz CT molecular complexity index is 855.